The molecule has 1 saturated heterocycles. The van der Waals surface area contributed by atoms with E-state index in [4.69, 9.17) is 11.6 Å². The van der Waals surface area contributed by atoms with Crippen LogP contribution in [0.4, 0.5) is 10.5 Å². The number of benzene rings is 1. The number of hydrogen-bond acceptors (Lipinski definition) is 2. The number of likely N-dealkylation sites (tertiary alicyclic amines) is 1. The number of carbonyl (C=O) groups excluding carboxylic acids is 2. The Morgan fingerprint density at radius 1 is 1.35 bits per heavy atom. The highest BCUT2D eigenvalue weighted by molar-refractivity contribution is 6.30. The van der Waals surface area contributed by atoms with Gasteiger partial charge in [0.1, 0.15) is 0 Å². The maximum Gasteiger partial charge on any atom is 0.321 e. The van der Waals surface area contributed by atoms with Gasteiger partial charge < -0.3 is 15.1 Å². The molecule has 1 fully saturated rings. The number of nitrogens with one attached hydrogen (secondary N) is 1. The average molecular weight is 338 g/mol. The Morgan fingerprint density at radius 3 is 2.74 bits per heavy atom. The van der Waals surface area contributed by atoms with E-state index < -0.39 is 0 Å². The lowest BCUT2D eigenvalue weighted by molar-refractivity contribution is -0.136. The van der Waals surface area contributed by atoms with Crippen molar-refractivity contribution in [2.24, 2.45) is 5.92 Å². The molecule has 2 rings (SSSR count). The molecule has 0 spiro atoms. The van der Waals surface area contributed by atoms with E-state index in [0.717, 1.165) is 12.8 Å². The molecular formula is C17H24ClN3O2. The fourth-order valence-electron chi connectivity index (χ4n) is 2.93. The molecule has 0 bridgehead atoms. The van der Waals surface area contributed by atoms with Crippen molar-refractivity contribution in [2.45, 2.75) is 26.7 Å². The minimum Gasteiger partial charge on any atom is -0.343 e. The molecule has 6 heteroatoms. The lowest BCUT2D eigenvalue weighted by Gasteiger charge is -2.34. The van der Waals surface area contributed by atoms with Crippen molar-refractivity contribution in [3.05, 3.63) is 29.3 Å². The van der Waals surface area contributed by atoms with Crippen LogP contribution in [-0.2, 0) is 4.79 Å². The van der Waals surface area contributed by atoms with E-state index in [-0.39, 0.29) is 17.9 Å². The number of rotatable bonds is 4. The third kappa shape index (κ3) is 4.61. The van der Waals surface area contributed by atoms with Crippen molar-refractivity contribution in [3.63, 3.8) is 0 Å². The minimum atomic E-state index is -0.177. The van der Waals surface area contributed by atoms with E-state index in [1.807, 2.05) is 18.7 Å². The molecule has 0 aromatic heterocycles. The lowest BCUT2D eigenvalue weighted by atomic mass is 9.96. The Bertz CT molecular complexity index is 561. The van der Waals surface area contributed by atoms with Crippen LogP contribution in [-0.4, -0.2) is 47.9 Å². The summed E-state index contributed by atoms with van der Waals surface area (Å²) in [7, 11) is 0. The van der Waals surface area contributed by atoms with Gasteiger partial charge in [0, 0.05) is 36.9 Å². The second-order valence-corrected chi connectivity index (χ2v) is 6.17. The third-order valence-corrected chi connectivity index (χ3v) is 4.44. The number of halogens is 1. The number of amides is 3. The summed E-state index contributed by atoms with van der Waals surface area (Å²) in [5.74, 6) is 0.0454. The monoisotopic (exact) mass is 337 g/mol. The molecule has 23 heavy (non-hydrogen) atoms. The van der Waals surface area contributed by atoms with Crippen molar-refractivity contribution >= 4 is 29.2 Å². The molecule has 1 atom stereocenters. The first kappa shape index (κ1) is 17.6. The van der Waals surface area contributed by atoms with Gasteiger partial charge in [-0.05, 0) is 44.9 Å². The Balaban J connectivity index is 1.97. The third-order valence-electron chi connectivity index (χ3n) is 4.21. The number of urea groups is 1. The first-order chi connectivity index (χ1) is 11.0. The van der Waals surface area contributed by atoms with E-state index in [1.54, 1.807) is 29.2 Å². The Hall–Kier alpha value is -1.75. The summed E-state index contributed by atoms with van der Waals surface area (Å²) in [5.41, 5.74) is 0.666. The van der Waals surface area contributed by atoms with E-state index >= 15 is 0 Å². The highest BCUT2D eigenvalue weighted by atomic mass is 35.5. The van der Waals surface area contributed by atoms with Gasteiger partial charge in [-0.3, -0.25) is 4.79 Å². The number of piperidine rings is 1. The molecule has 1 aliphatic heterocycles. The van der Waals surface area contributed by atoms with E-state index in [0.29, 0.717) is 36.9 Å². The predicted molar refractivity (Wildman–Crippen MR) is 92.7 cm³/mol. The fraction of sp³-hybridized carbons (Fsp3) is 0.529. The first-order valence-electron chi connectivity index (χ1n) is 8.15. The lowest BCUT2D eigenvalue weighted by Crippen LogP contribution is -2.47. The van der Waals surface area contributed by atoms with Gasteiger partial charge in [0.25, 0.3) is 0 Å². The van der Waals surface area contributed by atoms with Crippen LogP contribution in [0, 0.1) is 5.92 Å². The Labute approximate surface area is 142 Å². The van der Waals surface area contributed by atoms with Crippen LogP contribution in [0.1, 0.15) is 26.7 Å². The highest BCUT2D eigenvalue weighted by Gasteiger charge is 2.30. The smallest absolute Gasteiger partial charge is 0.321 e. The summed E-state index contributed by atoms with van der Waals surface area (Å²) >= 11 is 5.93. The van der Waals surface area contributed by atoms with Gasteiger partial charge in [-0.15, -0.1) is 0 Å². The second kappa shape index (κ2) is 8.20. The summed E-state index contributed by atoms with van der Waals surface area (Å²) in [6.45, 7) is 6.53. The van der Waals surface area contributed by atoms with E-state index in [9.17, 15) is 9.59 Å². The van der Waals surface area contributed by atoms with Gasteiger partial charge in [-0.25, -0.2) is 4.79 Å². The molecule has 3 amide bonds. The number of carbonyl (C=O) groups is 2. The van der Waals surface area contributed by atoms with Gasteiger partial charge in [0.2, 0.25) is 5.91 Å². The van der Waals surface area contributed by atoms with Gasteiger partial charge >= 0.3 is 6.03 Å². The topological polar surface area (TPSA) is 52.7 Å². The van der Waals surface area contributed by atoms with Gasteiger partial charge in [-0.2, -0.15) is 0 Å². The molecule has 1 aromatic carbocycles. The fourth-order valence-corrected chi connectivity index (χ4v) is 3.12. The number of anilines is 1. The van der Waals surface area contributed by atoms with Gasteiger partial charge in [0.05, 0.1) is 5.92 Å². The average Bonchev–Trinajstić information content (AvgIpc) is 2.56. The van der Waals surface area contributed by atoms with Gasteiger partial charge in [0.15, 0.2) is 0 Å². The van der Waals surface area contributed by atoms with Crippen LogP contribution in [0.5, 0.6) is 0 Å². The first-order valence-corrected chi connectivity index (χ1v) is 8.53. The van der Waals surface area contributed by atoms with Crippen molar-refractivity contribution in [1.29, 1.82) is 0 Å². The standard InChI is InChI=1S/C17H24ClN3O2/c1-3-20(4-2)16(22)13-7-6-10-21(12-13)17(23)19-15-9-5-8-14(18)11-15/h5,8-9,11,13H,3-4,6-7,10,12H2,1-2H3,(H,19,23)/t13-/m1/s1. The number of nitrogens with zero attached hydrogens (tertiary/aromatic N) is 2. The molecule has 0 saturated carbocycles. The summed E-state index contributed by atoms with van der Waals surface area (Å²) in [6, 6.07) is 6.88. The largest absolute Gasteiger partial charge is 0.343 e. The molecule has 0 aliphatic carbocycles. The van der Waals surface area contributed by atoms with Crippen LogP contribution >= 0.6 is 11.6 Å². The maximum atomic E-state index is 12.5. The molecule has 5 nitrogen and oxygen atoms in total. The molecule has 0 unspecified atom stereocenters. The van der Waals surface area contributed by atoms with Crippen molar-refractivity contribution in [2.75, 3.05) is 31.5 Å². The van der Waals surface area contributed by atoms with E-state index in [2.05, 4.69) is 5.32 Å². The van der Waals surface area contributed by atoms with Crippen LogP contribution in [0.2, 0.25) is 5.02 Å². The van der Waals surface area contributed by atoms with Crippen molar-refractivity contribution < 1.29 is 9.59 Å². The van der Waals surface area contributed by atoms with Crippen LogP contribution in [0.3, 0.4) is 0 Å². The van der Waals surface area contributed by atoms with E-state index in [1.165, 1.54) is 0 Å². The van der Waals surface area contributed by atoms with Crippen molar-refractivity contribution in [1.82, 2.24) is 9.80 Å². The Kier molecular flexibility index (Phi) is 6.28. The summed E-state index contributed by atoms with van der Waals surface area (Å²) in [4.78, 5) is 28.4. The summed E-state index contributed by atoms with van der Waals surface area (Å²) < 4.78 is 0. The SMILES string of the molecule is CCN(CC)C(=O)[C@@H]1CCCN(C(=O)Nc2cccc(Cl)c2)C1. The molecule has 0 radical (unpaired) electrons. The molecule has 1 N–H and O–H groups in total. The Morgan fingerprint density at radius 2 is 2.09 bits per heavy atom. The molecule has 1 aliphatic rings. The molecule has 126 valence electrons. The van der Waals surface area contributed by atoms with Crippen LogP contribution < -0.4 is 5.32 Å². The summed E-state index contributed by atoms with van der Waals surface area (Å²) in [5, 5.41) is 3.43. The van der Waals surface area contributed by atoms with Gasteiger partial charge in [-0.1, -0.05) is 17.7 Å². The molecular weight excluding hydrogens is 314 g/mol. The quantitative estimate of drug-likeness (QED) is 0.914. The maximum absolute atomic E-state index is 12.5. The molecule has 1 aromatic rings. The van der Waals surface area contributed by atoms with Crippen LogP contribution in [0.15, 0.2) is 24.3 Å². The highest BCUT2D eigenvalue weighted by Crippen LogP contribution is 2.21. The minimum absolute atomic E-state index is 0.103. The zero-order chi connectivity index (χ0) is 16.8. The molecule has 1 heterocycles. The zero-order valence-corrected chi connectivity index (χ0v) is 14.5. The van der Waals surface area contributed by atoms with Crippen molar-refractivity contribution in [3.8, 4) is 0 Å². The second-order valence-electron chi connectivity index (χ2n) is 5.74. The normalized spacial score (nSPS) is 17.7. The number of hydrogen-bond donors (Lipinski definition) is 1. The summed E-state index contributed by atoms with van der Waals surface area (Å²) in [6.07, 6.45) is 1.69. The van der Waals surface area contributed by atoms with Crippen LogP contribution in [0.25, 0.3) is 0 Å². The predicted octanol–water partition coefficient (Wildman–Crippen LogP) is 3.45. The zero-order valence-electron chi connectivity index (χ0n) is 13.7.